The van der Waals surface area contributed by atoms with Crippen molar-refractivity contribution in [1.29, 1.82) is 0 Å². The van der Waals surface area contributed by atoms with Gasteiger partial charge in [-0.05, 0) is 33.0 Å². The maximum absolute atomic E-state index is 9.48. The number of aliphatic hydroxyl groups excluding tert-OH is 1. The highest BCUT2D eigenvalue weighted by Crippen LogP contribution is 2.24. The zero-order valence-corrected chi connectivity index (χ0v) is 10.9. The summed E-state index contributed by atoms with van der Waals surface area (Å²) in [5.74, 6) is 0.962. The van der Waals surface area contributed by atoms with Crippen molar-refractivity contribution in [3.63, 3.8) is 0 Å². The van der Waals surface area contributed by atoms with E-state index in [1.54, 1.807) is 6.26 Å². The number of likely N-dealkylation sites (N-methyl/N-ethyl adjacent to an activating group) is 1. The van der Waals surface area contributed by atoms with Crippen LogP contribution in [0.15, 0.2) is 22.8 Å². The second kappa shape index (κ2) is 4.80. The van der Waals surface area contributed by atoms with Crippen molar-refractivity contribution in [1.82, 2.24) is 9.80 Å². The lowest BCUT2D eigenvalue weighted by Crippen LogP contribution is -2.62. The molecular weight excluding hydrogens is 216 g/mol. The van der Waals surface area contributed by atoms with Gasteiger partial charge in [0.2, 0.25) is 0 Å². The summed E-state index contributed by atoms with van der Waals surface area (Å²) in [6.07, 6.45) is 1.70. The molecule has 1 aromatic heterocycles. The Labute approximate surface area is 103 Å². The van der Waals surface area contributed by atoms with Gasteiger partial charge in [-0.3, -0.25) is 9.80 Å². The second-order valence-corrected chi connectivity index (χ2v) is 5.51. The molecule has 1 aromatic rings. The van der Waals surface area contributed by atoms with E-state index in [-0.39, 0.29) is 18.2 Å². The van der Waals surface area contributed by atoms with Gasteiger partial charge < -0.3 is 9.52 Å². The first-order valence-electron chi connectivity index (χ1n) is 6.11. The molecule has 4 heteroatoms. The van der Waals surface area contributed by atoms with Gasteiger partial charge in [0, 0.05) is 24.7 Å². The van der Waals surface area contributed by atoms with Crippen LogP contribution in [0.5, 0.6) is 0 Å². The molecular formula is C13H22N2O2. The normalized spacial score (nSPS) is 26.2. The molecule has 0 amide bonds. The summed E-state index contributed by atoms with van der Waals surface area (Å²) in [4.78, 5) is 4.62. The molecule has 0 aromatic carbocycles. The summed E-state index contributed by atoms with van der Waals surface area (Å²) < 4.78 is 5.39. The molecule has 0 aliphatic carbocycles. The molecule has 1 unspecified atom stereocenters. The summed E-state index contributed by atoms with van der Waals surface area (Å²) in [7, 11) is 2.12. The minimum Gasteiger partial charge on any atom is -0.468 e. The highest BCUT2D eigenvalue weighted by molar-refractivity contribution is 5.01. The van der Waals surface area contributed by atoms with E-state index in [0.717, 1.165) is 25.4 Å². The molecule has 2 rings (SSSR count). The Morgan fingerprint density at radius 3 is 2.88 bits per heavy atom. The van der Waals surface area contributed by atoms with Crippen LogP contribution in [0, 0.1) is 0 Å². The Morgan fingerprint density at radius 1 is 1.53 bits per heavy atom. The first kappa shape index (κ1) is 12.6. The molecule has 17 heavy (non-hydrogen) atoms. The SMILES string of the molecule is CN1CC(CO)N(Cc2ccco2)CC1(C)C. The van der Waals surface area contributed by atoms with Crippen LogP contribution in [0.25, 0.3) is 0 Å². The molecule has 4 nitrogen and oxygen atoms in total. The van der Waals surface area contributed by atoms with Gasteiger partial charge in [0.05, 0.1) is 19.4 Å². The Kier molecular flexibility index (Phi) is 3.56. The molecule has 1 saturated heterocycles. The predicted octanol–water partition coefficient (Wildman–Crippen LogP) is 1.17. The summed E-state index contributed by atoms with van der Waals surface area (Å²) in [5, 5.41) is 9.48. The predicted molar refractivity (Wildman–Crippen MR) is 66.7 cm³/mol. The highest BCUT2D eigenvalue weighted by Gasteiger charge is 2.36. The van der Waals surface area contributed by atoms with Crippen molar-refractivity contribution < 1.29 is 9.52 Å². The number of nitrogens with zero attached hydrogens (tertiary/aromatic N) is 2. The van der Waals surface area contributed by atoms with Crippen molar-refractivity contribution in [3.05, 3.63) is 24.2 Å². The van der Waals surface area contributed by atoms with Gasteiger partial charge in [-0.15, -0.1) is 0 Å². The largest absolute Gasteiger partial charge is 0.468 e. The molecule has 0 spiro atoms. The van der Waals surface area contributed by atoms with Crippen LogP contribution in [0.3, 0.4) is 0 Å². The maximum Gasteiger partial charge on any atom is 0.117 e. The lowest BCUT2D eigenvalue weighted by atomic mass is 9.96. The first-order valence-corrected chi connectivity index (χ1v) is 6.11. The van der Waals surface area contributed by atoms with E-state index < -0.39 is 0 Å². The lowest BCUT2D eigenvalue weighted by molar-refractivity contribution is -0.0274. The third kappa shape index (κ3) is 2.70. The summed E-state index contributed by atoms with van der Waals surface area (Å²) in [5.41, 5.74) is 0.137. The van der Waals surface area contributed by atoms with Crippen molar-refractivity contribution in [2.24, 2.45) is 0 Å². The van der Waals surface area contributed by atoms with Crippen molar-refractivity contribution in [3.8, 4) is 0 Å². The molecule has 0 radical (unpaired) electrons. The average Bonchev–Trinajstić information content (AvgIpc) is 2.75. The zero-order valence-electron chi connectivity index (χ0n) is 10.9. The molecule has 1 N–H and O–H groups in total. The van der Waals surface area contributed by atoms with Crippen molar-refractivity contribution >= 4 is 0 Å². The molecule has 0 bridgehead atoms. The Morgan fingerprint density at radius 2 is 2.29 bits per heavy atom. The molecule has 1 aliphatic rings. The second-order valence-electron chi connectivity index (χ2n) is 5.51. The quantitative estimate of drug-likeness (QED) is 0.858. The highest BCUT2D eigenvalue weighted by atomic mass is 16.3. The minimum atomic E-state index is 0.137. The smallest absolute Gasteiger partial charge is 0.117 e. The number of rotatable bonds is 3. The molecule has 1 aliphatic heterocycles. The molecule has 1 atom stereocenters. The fourth-order valence-electron chi connectivity index (χ4n) is 2.39. The van der Waals surface area contributed by atoms with Gasteiger partial charge >= 0.3 is 0 Å². The van der Waals surface area contributed by atoms with Crippen LogP contribution in [-0.4, -0.2) is 53.2 Å². The topological polar surface area (TPSA) is 39.9 Å². The van der Waals surface area contributed by atoms with E-state index in [2.05, 4.69) is 30.7 Å². The molecule has 1 fully saturated rings. The van der Waals surface area contributed by atoms with Crippen LogP contribution in [0.2, 0.25) is 0 Å². The van der Waals surface area contributed by atoms with Crippen LogP contribution in [0.4, 0.5) is 0 Å². The first-order chi connectivity index (χ1) is 8.03. The summed E-state index contributed by atoms with van der Waals surface area (Å²) >= 11 is 0. The summed E-state index contributed by atoms with van der Waals surface area (Å²) in [6, 6.07) is 4.09. The lowest BCUT2D eigenvalue weighted by Gasteiger charge is -2.49. The van der Waals surface area contributed by atoms with Gasteiger partial charge in [0.15, 0.2) is 0 Å². The summed E-state index contributed by atoms with van der Waals surface area (Å²) in [6.45, 7) is 7.27. The van der Waals surface area contributed by atoms with Gasteiger partial charge in [-0.1, -0.05) is 0 Å². The van der Waals surface area contributed by atoms with Gasteiger partial charge in [-0.25, -0.2) is 0 Å². The Balaban J connectivity index is 2.08. The van der Waals surface area contributed by atoms with Crippen molar-refractivity contribution in [2.75, 3.05) is 26.7 Å². The van der Waals surface area contributed by atoms with Gasteiger partial charge in [0.25, 0.3) is 0 Å². The number of hydrogen-bond donors (Lipinski definition) is 1. The number of piperazine rings is 1. The third-order valence-electron chi connectivity index (χ3n) is 3.77. The van der Waals surface area contributed by atoms with E-state index in [0.29, 0.717) is 0 Å². The van der Waals surface area contributed by atoms with Crippen LogP contribution in [0.1, 0.15) is 19.6 Å². The van der Waals surface area contributed by atoms with Crippen LogP contribution < -0.4 is 0 Å². The van der Waals surface area contributed by atoms with Crippen molar-refractivity contribution in [2.45, 2.75) is 32.0 Å². The number of hydrogen-bond acceptors (Lipinski definition) is 4. The molecule has 2 heterocycles. The Bertz CT molecular complexity index is 348. The van der Waals surface area contributed by atoms with E-state index in [1.807, 2.05) is 12.1 Å². The maximum atomic E-state index is 9.48. The fraction of sp³-hybridized carbons (Fsp3) is 0.692. The van der Waals surface area contributed by atoms with E-state index in [1.165, 1.54) is 0 Å². The van der Waals surface area contributed by atoms with Gasteiger partial charge in [0.1, 0.15) is 5.76 Å². The monoisotopic (exact) mass is 238 g/mol. The van der Waals surface area contributed by atoms with Crippen LogP contribution in [-0.2, 0) is 6.54 Å². The average molecular weight is 238 g/mol. The van der Waals surface area contributed by atoms with E-state index >= 15 is 0 Å². The Hall–Kier alpha value is -0.840. The number of furan rings is 1. The standard InChI is InChI=1S/C13H22N2O2/c1-13(2)10-15(8-12-5-4-6-17-12)11(9-16)7-14(13)3/h4-6,11,16H,7-10H2,1-3H3. The van der Waals surface area contributed by atoms with E-state index in [4.69, 9.17) is 4.42 Å². The minimum absolute atomic E-state index is 0.137. The fourth-order valence-corrected chi connectivity index (χ4v) is 2.39. The zero-order chi connectivity index (χ0) is 12.5. The van der Waals surface area contributed by atoms with Gasteiger partial charge in [-0.2, -0.15) is 0 Å². The van der Waals surface area contributed by atoms with E-state index in [9.17, 15) is 5.11 Å². The molecule has 96 valence electrons. The number of aliphatic hydroxyl groups is 1. The third-order valence-corrected chi connectivity index (χ3v) is 3.77. The van der Waals surface area contributed by atoms with Crippen LogP contribution >= 0.6 is 0 Å². The molecule has 0 saturated carbocycles.